The Kier molecular flexibility index (Phi) is 4.82. The van der Waals surface area contributed by atoms with Crippen LogP contribution in [0.4, 0.5) is 5.69 Å². The molecule has 0 aliphatic carbocycles. The van der Waals surface area contributed by atoms with Gasteiger partial charge in [-0.1, -0.05) is 18.2 Å². The van der Waals surface area contributed by atoms with Gasteiger partial charge in [0.1, 0.15) is 18.2 Å². The number of hydrogen-bond acceptors (Lipinski definition) is 3. The predicted molar refractivity (Wildman–Crippen MR) is 87.4 cm³/mol. The maximum Gasteiger partial charge on any atom is 0.122 e. The quantitative estimate of drug-likeness (QED) is 0.633. The molecule has 110 valence electrons. The smallest absolute Gasteiger partial charge is 0.122 e. The third-order valence-corrected chi connectivity index (χ3v) is 3.39. The Hall–Kier alpha value is -2.49. The molecule has 2 aromatic rings. The molecule has 2 rings (SSSR count). The van der Waals surface area contributed by atoms with Gasteiger partial charge in [0.05, 0.1) is 6.54 Å². The number of nitrogen functional groups attached to an aromatic ring is 1. The van der Waals surface area contributed by atoms with Crippen molar-refractivity contribution >= 4 is 11.5 Å². The molecule has 0 aliphatic heterocycles. The topological polar surface area (TPSA) is 62.3 Å². The van der Waals surface area contributed by atoms with Crippen LogP contribution in [0.1, 0.15) is 11.1 Å². The van der Waals surface area contributed by atoms with Crippen molar-refractivity contribution in [3.05, 3.63) is 59.7 Å². The first-order valence-electron chi connectivity index (χ1n) is 6.92. The Balaban J connectivity index is 1.86. The van der Waals surface area contributed by atoms with Crippen molar-refractivity contribution in [1.82, 2.24) is 0 Å². The van der Waals surface area contributed by atoms with Gasteiger partial charge >= 0.3 is 0 Å². The van der Waals surface area contributed by atoms with Crippen LogP contribution in [0.5, 0.6) is 5.75 Å². The highest BCUT2D eigenvalue weighted by Gasteiger charge is 2.04. The van der Waals surface area contributed by atoms with Gasteiger partial charge in [0, 0.05) is 18.3 Å². The van der Waals surface area contributed by atoms with Gasteiger partial charge in [-0.05, 0) is 42.8 Å². The minimum Gasteiger partial charge on any atom is -0.492 e. The molecule has 0 unspecified atom stereocenters. The van der Waals surface area contributed by atoms with Gasteiger partial charge in [-0.25, -0.2) is 0 Å². The molecule has 0 saturated carbocycles. The van der Waals surface area contributed by atoms with E-state index in [0.29, 0.717) is 12.2 Å². The zero-order chi connectivity index (χ0) is 15.2. The molecule has 0 bridgehead atoms. The fourth-order valence-corrected chi connectivity index (χ4v) is 2.14. The third-order valence-electron chi connectivity index (χ3n) is 3.39. The molecule has 2 aromatic carbocycles. The Morgan fingerprint density at radius 2 is 1.81 bits per heavy atom. The highest BCUT2D eigenvalue weighted by atomic mass is 16.5. The van der Waals surface area contributed by atoms with E-state index in [1.54, 1.807) is 12.1 Å². The number of benzene rings is 2. The summed E-state index contributed by atoms with van der Waals surface area (Å²) < 4.78 is 5.72. The molecule has 21 heavy (non-hydrogen) atoms. The first-order valence-corrected chi connectivity index (χ1v) is 6.92. The summed E-state index contributed by atoms with van der Waals surface area (Å²) in [4.78, 5) is 2.18. The molecular formula is C17H21N3O. The van der Waals surface area contributed by atoms with E-state index in [0.717, 1.165) is 12.3 Å². The molecular weight excluding hydrogens is 262 g/mol. The first-order chi connectivity index (χ1) is 10.1. The lowest BCUT2D eigenvalue weighted by Gasteiger charge is -2.21. The van der Waals surface area contributed by atoms with Crippen LogP contribution in [-0.2, 0) is 0 Å². The number of hydrogen-bond donors (Lipinski definition) is 2. The van der Waals surface area contributed by atoms with Crippen LogP contribution < -0.4 is 15.4 Å². The summed E-state index contributed by atoms with van der Waals surface area (Å²) in [6.07, 6.45) is 0. The maximum atomic E-state index is 7.35. The largest absolute Gasteiger partial charge is 0.492 e. The Bertz CT molecular complexity index is 608. The van der Waals surface area contributed by atoms with Gasteiger partial charge in [0.15, 0.2) is 0 Å². The van der Waals surface area contributed by atoms with Gasteiger partial charge < -0.3 is 15.4 Å². The third kappa shape index (κ3) is 3.99. The van der Waals surface area contributed by atoms with Crippen molar-refractivity contribution in [2.75, 3.05) is 25.1 Å². The number of likely N-dealkylation sites (N-methyl/N-ethyl adjacent to an activating group) is 1. The molecule has 0 radical (unpaired) electrons. The summed E-state index contributed by atoms with van der Waals surface area (Å²) in [5.41, 5.74) is 8.60. The Labute approximate surface area is 125 Å². The lowest BCUT2D eigenvalue weighted by atomic mass is 10.2. The zero-order valence-corrected chi connectivity index (χ0v) is 12.5. The summed E-state index contributed by atoms with van der Waals surface area (Å²) in [5, 5.41) is 7.35. The summed E-state index contributed by atoms with van der Waals surface area (Å²) in [6, 6.07) is 15.6. The van der Waals surface area contributed by atoms with E-state index in [1.807, 2.05) is 24.3 Å². The number of aryl methyl sites for hydroxylation is 1. The van der Waals surface area contributed by atoms with E-state index in [9.17, 15) is 0 Å². The Morgan fingerprint density at radius 3 is 2.43 bits per heavy atom. The van der Waals surface area contributed by atoms with Crippen LogP contribution >= 0.6 is 0 Å². The lowest BCUT2D eigenvalue weighted by Crippen LogP contribution is -2.24. The van der Waals surface area contributed by atoms with Crippen molar-refractivity contribution < 1.29 is 4.74 Å². The van der Waals surface area contributed by atoms with Crippen LogP contribution in [0.2, 0.25) is 0 Å². The Morgan fingerprint density at radius 1 is 1.14 bits per heavy atom. The minimum atomic E-state index is 0.0702. The fourth-order valence-electron chi connectivity index (χ4n) is 2.14. The van der Waals surface area contributed by atoms with Crippen molar-refractivity contribution in [3.8, 4) is 5.75 Å². The molecule has 0 saturated heterocycles. The van der Waals surface area contributed by atoms with Gasteiger partial charge in [-0.3, -0.25) is 5.41 Å². The number of nitrogens with one attached hydrogen (secondary N) is 1. The number of rotatable bonds is 6. The highest BCUT2D eigenvalue weighted by molar-refractivity contribution is 5.94. The number of para-hydroxylation sites is 1. The van der Waals surface area contributed by atoms with Crippen LogP contribution in [0.3, 0.4) is 0 Å². The van der Waals surface area contributed by atoms with Gasteiger partial charge in [0.2, 0.25) is 0 Å². The molecule has 0 spiro atoms. The van der Waals surface area contributed by atoms with Crippen molar-refractivity contribution in [1.29, 1.82) is 5.41 Å². The fraction of sp³-hybridized carbons (Fsp3) is 0.235. The SMILES string of the molecule is Cc1ccccc1N(C)CCOc1ccc(C(=N)N)cc1. The second-order valence-electron chi connectivity index (χ2n) is 4.99. The van der Waals surface area contributed by atoms with Gasteiger partial charge in [-0.2, -0.15) is 0 Å². The van der Waals surface area contributed by atoms with Crippen molar-refractivity contribution in [3.63, 3.8) is 0 Å². The summed E-state index contributed by atoms with van der Waals surface area (Å²) in [5.74, 6) is 0.860. The highest BCUT2D eigenvalue weighted by Crippen LogP contribution is 2.17. The first kappa shape index (κ1) is 14.9. The average molecular weight is 283 g/mol. The zero-order valence-electron chi connectivity index (χ0n) is 12.5. The average Bonchev–Trinajstić information content (AvgIpc) is 2.48. The molecule has 0 heterocycles. The molecule has 0 aliphatic rings. The molecule has 0 aromatic heterocycles. The molecule has 3 N–H and O–H groups in total. The van der Waals surface area contributed by atoms with Crippen molar-refractivity contribution in [2.45, 2.75) is 6.92 Å². The van der Waals surface area contributed by atoms with Crippen LogP contribution in [0.25, 0.3) is 0 Å². The van der Waals surface area contributed by atoms with E-state index in [1.165, 1.54) is 11.3 Å². The molecule has 4 heteroatoms. The molecule has 0 amide bonds. The number of nitrogens with zero attached hydrogens (tertiary/aromatic N) is 1. The standard InChI is InChI=1S/C17H21N3O/c1-13-5-3-4-6-16(13)20(2)11-12-21-15-9-7-14(8-10-15)17(18)19/h3-10H,11-12H2,1-2H3,(H3,18,19). The second-order valence-corrected chi connectivity index (χ2v) is 4.99. The van der Waals surface area contributed by atoms with E-state index in [4.69, 9.17) is 15.9 Å². The van der Waals surface area contributed by atoms with E-state index < -0.39 is 0 Å². The van der Waals surface area contributed by atoms with Crippen LogP contribution in [0.15, 0.2) is 48.5 Å². The van der Waals surface area contributed by atoms with Gasteiger partial charge in [-0.15, -0.1) is 0 Å². The molecule has 4 nitrogen and oxygen atoms in total. The number of anilines is 1. The molecule has 0 atom stereocenters. The van der Waals surface area contributed by atoms with Crippen LogP contribution in [0, 0.1) is 12.3 Å². The monoisotopic (exact) mass is 283 g/mol. The van der Waals surface area contributed by atoms with E-state index in [2.05, 4.69) is 31.0 Å². The number of nitrogens with two attached hydrogens (primary N) is 1. The maximum absolute atomic E-state index is 7.35. The summed E-state index contributed by atoms with van der Waals surface area (Å²) in [7, 11) is 2.06. The van der Waals surface area contributed by atoms with Crippen LogP contribution in [-0.4, -0.2) is 26.0 Å². The normalized spacial score (nSPS) is 10.2. The summed E-state index contributed by atoms with van der Waals surface area (Å²) in [6.45, 7) is 3.51. The summed E-state index contributed by atoms with van der Waals surface area (Å²) >= 11 is 0. The predicted octanol–water partition coefficient (Wildman–Crippen LogP) is 2.79. The number of ether oxygens (including phenoxy) is 1. The minimum absolute atomic E-state index is 0.0702. The van der Waals surface area contributed by atoms with Crippen molar-refractivity contribution in [2.24, 2.45) is 5.73 Å². The number of amidine groups is 1. The van der Waals surface area contributed by atoms with E-state index >= 15 is 0 Å². The second kappa shape index (κ2) is 6.79. The molecule has 0 fully saturated rings. The van der Waals surface area contributed by atoms with E-state index in [-0.39, 0.29) is 5.84 Å². The van der Waals surface area contributed by atoms with Gasteiger partial charge in [0.25, 0.3) is 0 Å². The lowest BCUT2D eigenvalue weighted by molar-refractivity contribution is 0.326.